The molecule has 1 heterocycles. The van der Waals surface area contributed by atoms with E-state index in [0.717, 1.165) is 0 Å². The fourth-order valence-corrected chi connectivity index (χ4v) is 3.36. The molecule has 1 aromatic heterocycles. The molecular formula is C24H26N2O8. The molecule has 0 aliphatic carbocycles. The van der Waals surface area contributed by atoms with Crippen molar-refractivity contribution in [2.75, 3.05) is 20.8 Å². The molecule has 0 fully saturated rings. The van der Waals surface area contributed by atoms with Crippen LogP contribution in [0.3, 0.4) is 0 Å². The van der Waals surface area contributed by atoms with Crippen LogP contribution in [0.25, 0.3) is 10.9 Å². The van der Waals surface area contributed by atoms with Crippen molar-refractivity contribution in [1.29, 1.82) is 0 Å². The van der Waals surface area contributed by atoms with E-state index in [-0.39, 0.29) is 36.6 Å². The summed E-state index contributed by atoms with van der Waals surface area (Å²) < 4.78 is 16.2. The number of fused-ring (bicyclic) bond motifs is 1. The molecule has 2 aromatic carbocycles. The van der Waals surface area contributed by atoms with Gasteiger partial charge in [-0.15, -0.1) is 0 Å². The summed E-state index contributed by atoms with van der Waals surface area (Å²) in [4.78, 5) is 38.7. The molecule has 0 saturated heterocycles. The average molecular weight is 470 g/mol. The number of unbranched alkanes of at least 4 members (excludes halogenated alkanes) is 1. The van der Waals surface area contributed by atoms with Crippen molar-refractivity contribution >= 4 is 22.8 Å². The highest BCUT2D eigenvalue weighted by Gasteiger charge is 2.17. The van der Waals surface area contributed by atoms with Crippen molar-refractivity contribution in [2.45, 2.75) is 25.8 Å². The highest BCUT2D eigenvalue weighted by atomic mass is 16.5. The molecule has 0 spiro atoms. The number of aromatic nitrogens is 1. The van der Waals surface area contributed by atoms with E-state index in [1.54, 1.807) is 24.3 Å². The summed E-state index contributed by atoms with van der Waals surface area (Å²) in [5.74, 6) is -0.460. The third kappa shape index (κ3) is 5.77. The minimum atomic E-state index is -0.873. The number of carboxylic acids is 1. The number of nitrogens with one attached hydrogen (secondary N) is 2. The average Bonchev–Trinajstić information content (AvgIpc) is 2.82. The second-order valence-electron chi connectivity index (χ2n) is 7.46. The molecule has 3 rings (SSSR count). The lowest BCUT2D eigenvalue weighted by Crippen LogP contribution is -2.29. The Labute approximate surface area is 195 Å². The Morgan fingerprint density at radius 3 is 2.50 bits per heavy atom. The van der Waals surface area contributed by atoms with Gasteiger partial charge in [-0.1, -0.05) is 6.07 Å². The summed E-state index contributed by atoms with van der Waals surface area (Å²) in [5.41, 5.74) is 0.388. The SMILES string of the molecule is COc1cc(CNC(=O)c2cc3ccc(OC)c(OCCCCC(=O)O)c3[nH]c2=O)ccc1O. The van der Waals surface area contributed by atoms with Crippen LogP contribution in [0.5, 0.6) is 23.0 Å². The van der Waals surface area contributed by atoms with E-state index >= 15 is 0 Å². The summed E-state index contributed by atoms with van der Waals surface area (Å²) in [6.07, 6.45) is 1.01. The van der Waals surface area contributed by atoms with Gasteiger partial charge in [-0.05, 0) is 48.7 Å². The van der Waals surface area contributed by atoms with Crippen LogP contribution in [0, 0.1) is 0 Å². The van der Waals surface area contributed by atoms with Gasteiger partial charge < -0.3 is 34.7 Å². The zero-order valence-electron chi connectivity index (χ0n) is 18.8. The number of phenols is 1. The molecule has 0 radical (unpaired) electrons. The van der Waals surface area contributed by atoms with Gasteiger partial charge in [0.1, 0.15) is 5.56 Å². The minimum absolute atomic E-state index is 0.0149. The van der Waals surface area contributed by atoms with Crippen LogP contribution < -0.4 is 25.1 Å². The highest BCUT2D eigenvalue weighted by molar-refractivity contribution is 5.98. The fraction of sp³-hybridized carbons (Fsp3) is 0.292. The van der Waals surface area contributed by atoms with Crippen LogP contribution in [-0.4, -0.2) is 47.9 Å². The van der Waals surface area contributed by atoms with Crippen molar-refractivity contribution in [2.24, 2.45) is 0 Å². The fourth-order valence-electron chi connectivity index (χ4n) is 3.36. The first-order chi connectivity index (χ1) is 16.3. The van der Waals surface area contributed by atoms with Gasteiger partial charge in [0.05, 0.1) is 26.3 Å². The van der Waals surface area contributed by atoms with Gasteiger partial charge in [0.15, 0.2) is 23.0 Å². The first kappa shape index (κ1) is 24.4. The maximum absolute atomic E-state index is 12.7. The van der Waals surface area contributed by atoms with Crippen LogP contribution in [0.2, 0.25) is 0 Å². The largest absolute Gasteiger partial charge is 0.504 e. The van der Waals surface area contributed by atoms with Gasteiger partial charge in [-0.25, -0.2) is 0 Å². The maximum atomic E-state index is 12.7. The predicted molar refractivity (Wildman–Crippen MR) is 124 cm³/mol. The topological polar surface area (TPSA) is 147 Å². The van der Waals surface area contributed by atoms with E-state index in [9.17, 15) is 19.5 Å². The lowest BCUT2D eigenvalue weighted by Gasteiger charge is -2.14. The Kier molecular flexibility index (Phi) is 7.96. The van der Waals surface area contributed by atoms with E-state index < -0.39 is 17.4 Å². The van der Waals surface area contributed by atoms with Crippen LogP contribution >= 0.6 is 0 Å². The lowest BCUT2D eigenvalue weighted by molar-refractivity contribution is -0.137. The Bertz CT molecular complexity index is 1250. The molecule has 1 amide bonds. The quantitative estimate of drug-likeness (QED) is 0.313. The van der Waals surface area contributed by atoms with E-state index in [1.807, 2.05) is 0 Å². The summed E-state index contributed by atoms with van der Waals surface area (Å²) >= 11 is 0. The number of aliphatic carboxylic acids is 1. The molecule has 180 valence electrons. The molecule has 0 bridgehead atoms. The summed E-state index contributed by atoms with van der Waals surface area (Å²) in [5, 5.41) is 21.7. The van der Waals surface area contributed by atoms with E-state index in [4.69, 9.17) is 19.3 Å². The number of carboxylic acid groups (broad SMARTS) is 1. The number of methoxy groups -OCH3 is 2. The molecule has 0 aliphatic heterocycles. The summed E-state index contributed by atoms with van der Waals surface area (Å²) in [6.45, 7) is 0.364. The second kappa shape index (κ2) is 11.1. The number of H-pyrrole nitrogens is 1. The maximum Gasteiger partial charge on any atom is 0.303 e. The van der Waals surface area contributed by atoms with Crippen LogP contribution in [0.1, 0.15) is 35.2 Å². The lowest BCUT2D eigenvalue weighted by atomic mass is 10.1. The first-order valence-corrected chi connectivity index (χ1v) is 10.6. The number of benzene rings is 2. The molecule has 0 saturated carbocycles. The smallest absolute Gasteiger partial charge is 0.303 e. The number of amides is 1. The molecule has 34 heavy (non-hydrogen) atoms. The van der Waals surface area contributed by atoms with Crippen LogP contribution in [-0.2, 0) is 11.3 Å². The summed E-state index contributed by atoms with van der Waals surface area (Å²) in [7, 11) is 2.89. The number of pyridine rings is 1. The monoisotopic (exact) mass is 470 g/mol. The van der Waals surface area contributed by atoms with Crippen LogP contribution in [0.15, 0.2) is 41.2 Å². The number of aromatic hydroxyl groups is 1. The molecular weight excluding hydrogens is 444 g/mol. The van der Waals surface area contributed by atoms with Gasteiger partial charge in [-0.3, -0.25) is 14.4 Å². The van der Waals surface area contributed by atoms with Crippen molar-refractivity contribution < 1.29 is 34.0 Å². The Morgan fingerprint density at radius 1 is 1.03 bits per heavy atom. The number of aromatic amines is 1. The standard InChI is InChI=1S/C24H26N2O8/c1-32-18-9-7-15-12-16(23(30)25-13-14-6-8-17(27)19(11-14)33-2)24(31)26-21(15)22(18)34-10-4-3-5-20(28)29/h6-9,11-12,27H,3-5,10,13H2,1-2H3,(H,25,30)(H,26,31)(H,28,29). The third-order valence-corrected chi connectivity index (χ3v) is 5.13. The number of carbonyl (C=O) groups is 2. The summed E-state index contributed by atoms with van der Waals surface area (Å²) in [6, 6.07) is 9.51. The zero-order valence-corrected chi connectivity index (χ0v) is 18.8. The molecule has 3 aromatic rings. The number of hydrogen-bond acceptors (Lipinski definition) is 7. The third-order valence-electron chi connectivity index (χ3n) is 5.13. The number of ether oxygens (including phenoxy) is 3. The van der Waals surface area contributed by atoms with Gasteiger partial charge >= 0.3 is 5.97 Å². The molecule has 10 nitrogen and oxygen atoms in total. The number of carbonyl (C=O) groups excluding carboxylic acids is 1. The normalized spacial score (nSPS) is 10.6. The van der Waals surface area contributed by atoms with Gasteiger partial charge in [0.2, 0.25) is 0 Å². The second-order valence-corrected chi connectivity index (χ2v) is 7.46. The molecule has 0 aliphatic rings. The van der Waals surface area contributed by atoms with E-state index in [2.05, 4.69) is 10.3 Å². The highest BCUT2D eigenvalue weighted by Crippen LogP contribution is 2.34. The van der Waals surface area contributed by atoms with Gasteiger partial charge in [-0.2, -0.15) is 0 Å². The Hall–Kier alpha value is -4.21. The van der Waals surface area contributed by atoms with Gasteiger partial charge in [0.25, 0.3) is 11.5 Å². The first-order valence-electron chi connectivity index (χ1n) is 10.6. The van der Waals surface area contributed by atoms with E-state index in [0.29, 0.717) is 40.8 Å². The Morgan fingerprint density at radius 2 is 1.79 bits per heavy atom. The van der Waals surface area contributed by atoms with Crippen LogP contribution in [0.4, 0.5) is 0 Å². The van der Waals surface area contributed by atoms with Crippen molar-refractivity contribution in [3.63, 3.8) is 0 Å². The minimum Gasteiger partial charge on any atom is -0.504 e. The number of hydrogen-bond donors (Lipinski definition) is 4. The molecule has 4 N–H and O–H groups in total. The molecule has 0 atom stereocenters. The van der Waals surface area contributed by atoms with Gasteiger partial charge in [0, 0.05) is 18.4 Å². The van der Waals surface area contributed by atoms with Crippen molar-refractivity contribution in [1.82, 2.24) is 10.3 Å². The predicted octanol–water partition coefficient (Wildman–Crippen LogP) is 2.81. The molecule has 10 heteroatoms. The molecule has 0 unspecified atom stereocenters. The number of rotatable bonds is 11. The van der Waals surface area contributed by atoms with E-state index in [1.165, 1.54) is 26.4 Å². The number of phenolic OH excluding ortho intramolecular Hbond substituents is 1. The Balaban J connectivity index is 1.79. The van der Waals surface area contributed by atoms with Crippen molar-refractivity contribution in [3.8, 4) is 23.0 Å². The van der Waals surface area contributed by atoms with Crippen molar-refractivity contribution in [3.05, 3.63) is 57.9 Å². The zero-order chi connectivity index (χ0) is 24.7.